The first kappa shape index (κ1) is 20.0. The van der Waals surface area contributed by atoms with E-state index in [4.69, 9.17) is 11.6 Å². The number of hydrogen-bond donors (Lipinski definition) is 1. The van der Waals surface area contributed by atoms with Gasteiger partial charge >= 0.3 is 0 Å². The van der Waals surface area contributed by atoms with Crippen LogP contribution in [0.15, 0.2) is 47.4 Å². The zero-order valence-electron chi connectivity index (χ0n) is 16.4. The van der Waals surface area contributed by atoms with Crippen molar-refractivity contribution in [3.63, 3.8) is 0 Å². The summed E-state index contributed by atoms with van der Waals surface area (Å²) in [5.74, 6) is 1.10. The van der Waals surface area contributed by atoms with Crippen LogP contribution in [0, 0.1) is 29.0 Å². The molecule has 4 bridgehead atoms. The third kappa shape index (κ3) is 3.44. The number of halogens is 2. The SMILES string of the molecule is O=C(c1ccc(F)cc1NS(=O)(=O)c1ccc(Cl)cc1)C12CC3CC(CC(C3)C1)C2. The van der Waals surface area contributed by atoms with Gasteiger partial charge in [0.15, 0.2) is 5.78 Å². The summed E-state index contributed by atoms with van der Waals surface area (Å²) in [7, 11) is -3.99. The van der Waals surface area contributed by atoms with Gasteiger partial charge < -0.3 is 0 Å². The van der Waals surface area contributed by atoms with E-state index < -0.39 is 21.3 Å². The standard InChI is InChI=1S/C23H23ClFNO3S/c24-17-1-4-19(5-2-17)30(28,29)26-21-10-18(25)3-6-20(21)22(27)23-11-14-7-15(12-23)9-16(8-14)13-23/h1-6,10,14-16,26H,7-9,11-13H2. The van der Waals surface area contributed by atoms with Gasteiger partial charge in [-0.3, -0.25) is 9.52 Å². The van der Waals surface area contributed by atoms with Crippen molar-refractivity contribution in [3.8, 4) is 0 Å². The van der Waals surface area contributed by atoms with Crippen LogP contribution in [0.25, 0.3) is 0 Å². The fraction of sp³-hybridized carbons (Fsp3) is 0.435. The zero-order valence-corrected chi connectivity index (χ0v) is 18.0. The Bertz CT molecular complexity index is 1080. The number of rotatable bonds is 5. The summed E-state index contributed by atoms with van der Waals surface area (Å²) >= 11 is 5.85. The first-order chi connectivity index (χ1) is 14.2. The minimum absolute atomic E-state index is 0.00404. The first-order valence-corrected chi connectivity index (χ1v) is 12.2. The van der Waals surface area contributed by atoms with Crippen molar-refractivity contribution in [2.24, 2.45) is 23.2 Å². The zero-order chi connectivity index (χ0) is 21.1. The number of carbonyl (C=O) groups is 1. The van der Waals surface area contributed by atoms with Crippen molar-refractivity contribution in [1.29, 1.82) is 0 Å². The summed E-state index contributed by atoms with van der Waals surface area (Å²) in [6, 6.07) is 9.46. The van der Waals surface area contributed by atoms with Crippen molar-refractivity contribution >= 4 is 33.1 Å². The van der Waals surface area contributed by atoms with E-state index in [1.54, 1.807) is 0 Å². The average molecular weight is 448 g/mol. The molecular weight excluding hydrogens is 425 g/mol. The Hall–Kier alpha value is -1.92. The van der Waals surface area contributed by atoms with E-state index in [1.165, 1.54) is 55.7 Å². The van der Waals surface area contributed by atoms with Crippen molar-refractivity contribution in [2.75, 3.05) is 4.72 Å². The van der Waals surface area contributed by atoms with Crippen molar-refractivity contribution in [1.82, 2.24) is 0 Å². The molecule has 6 rings (SSSR count). The number of benzene rings is 2. The Labute approximate surface area is 180 Å². The monoisotopic (exact) mass is 447 g/mol. The molecule has 0 saturated heterocycles. The minimum atomic E-state index is -3.99. The summed E-state index contributed by atoms with van der Waals surface area (Å²) in [5, 5.41) is 0.414. The molecule has 7 heteroatoms. The maximum Gasteiger partial charge on any atom is 0.261 e. The average Bonchev–Trinajstić information content (AvgIpc) is 2.66. The summed E-state index contributed by atoms with van der Waals surface area (Å²) in [6.45, 7) is 0. The Morgan fingerprint density at radius 1 is 0.967 bits per heavy atom. The number of anilines is 1. The van der Waals surface area contributed by atoms with Crippen LogP contribution >= 0.6 is 11.6 Å². The van der Waals surface area contributed by atoms with Gasteiger partial charge in [0.1, 0.15) is 5.82 Å². The second-order valence-corrected chi connectivity index (χ2v) is 11.4. The van der Waals surface area contributed by atoms with Gasteiger partial charge in [-0.25, -0.2) is 12.8 Å². The number of Topliss-reactive ketones (excluding diaryl/α,β-unsaturated/α-hetero) is 1. The third-order valence-corrected chi connectivity index (χ3v) is 8.75. The van der Waals surface area contributed by atoms with E-state index >= 15 is 0 Å². The molecule has 2 aromatic rings. The van der Waals surface area contributed by atoms with E-state index in [0.717, 1.165) is 25.3 Å². The molecule has 0 radical (unpaired) electrons. The Morgan fingerprint density at radius 3 is 2.10 bits per heavy atom. The summed E-state index contributed by atoms with van der Waals surface area (Å²) in [6.07, 6.45) is 6.18. The number of nitrogens with one attached hydrogen (secondary N) is 1. The van der Waals surface area contributed by atoms with E-state index in [1.807, 2.05) is 0 Å². The largest absolute Gasteiger partial charge is 0.293 e. The molecule has 4 aliphatic carbocycles. The molecule has 4 saturated carbocycles. The predicted octanol–water partition coefficient (Wildman–Crippen LogP) is 5.68. The first-order valence-electron chi connectivity index (χ1n) is 10.4. The predicted molar refractivity (Wildman–Crippen MR) is 114 cm³/mol. The number of carbonyl (C=O) groups excluding carboxylic acids is 1. The number of hydrogen-bond acceptors (Lipinski definition) is 3. The highest BCUT2D eigenvalue weighted by molar-refractivity contribution is 7.92. The molecule has 0 aromatic heterocycles. The van der Waals surface area contributed by atoms with E-state index in [9.17, 15) is 17.6 Å². The molecule has 0 unspecified atom stereocenters. The summed E-state index contributed by atoms with van der Waals surface area (Å²) in [4.78, 5) is 13.7. The highest BCUT2D eigenvalue weighted by atomic mass is 35.5. The second-order valence-electron chi connectivity index (χ2n) is 9.28. The molecule has 4 fully saturated rings. The quantitative estimate of drug-likeness (QED) is 0.600. The van der Waals surface area contributed by atoms with Crippen molar-refractivity contribution in [2.45, 2.75) is 43.4 Å². The lowest BCUT2D eigenvalue weighted by atomic mass is 9.48. The molecule has 0 atom stereocenters. The topological polar surface area (TPSA) is 63.2 Å². The molecule has 30 heavy (non-hydrogen) atoms. The third-order valence-electron chi connectivity index (χ3n) is 7.11. The van der Waals surface area contributed by atoms with Crippen LogP contribution < -0.4 is 4.72 Å². The summed E-state index contributed by atoms with van der Waals surface area (Å²) < 4.78 is 42.2. The second kappa shape index (κ2) is 7.06. The van der Waals surface area contributed by atoms with Crippen LogP contribution in [0.5, 0.6) is 0 Å². The van der Waals surface area contributed by atoms with Crippen molar-refractivity contribution in [3.05, 3.63) is 58.9 Å². The van der Waals surface area contributed by atoms with Gasteiger partial charge in [-0.1, -0.05) is 11.6 Å². The fourth-order valence-corrected chi connectivity index (χ4v) is 7.49. The normalized spacial score (nSPS) is 29.7. The van der Waals surface area contributed by atoms with E-state index in [0.29, 0.717) is 22.8 Å². The minimum Gasteiger partial charge on any atom is -0.293 e. The van der Waals surface area contributed by atoms with Crippen LogP contribution in [-0.4, -0.2) is 14.2 Å². The molecule has 0 amide bonds. The molecule has 0 heterocycles. The molecule has 1 N–H and O–H groups in total. The van der Waals surface area contributed by atoms with Gasteiger partial charge in [0, 0.05) is 16.0 Å². The lowest BCUT2D eigenvalue weighted by molar-refractivity contribution is -0.0352. The van der Waals surface area contributed by atoms with Gasteiger partial charge in [-0.2, -0.15) is 0 Å². The van der Waals surface area contributed by atoms with Gasteiger partial charge in [0.25, 0.3) is 10.0 Å². The van der Waals surface area contributed by atoms with Gasteiger partial charge in [0.2, 0.25) is 0 Å². The van der Waals surface area contributed by atoms with Crippen LogP contribution in [0.4, 0.5) is 10.1 Å². The highest BCUT2D eigenvalue weighted by Gasteiger charge is 2.54. The number of sulfonamides is 1. The van der Waals surface area contributed by atoms with Crippen LogP contribution in [0.2, 0.25) is 5.02 Å². The molecule has 158 valence electrons. The molecule has 0 aliphatic heterocycles. The lowest BCUT2D eigenvalue weighted by Crippen LogP contribution is -2.50. The summed E-state index contributed by atoms with van der Waals surface area (Å²) in [5.41, 5.74) is -0.172. The maximum absolute atomic E-state index is 14.0. The number of ketones is 1. The fourth-order valence-electron chi connectivity index (χ4n) is 6.29. The van der Waals surface area contributed by atoms with Crippen LogP contribution in [0.1, 0.15) is 48.9 Å². The van der Waals surface area contributed by atoms with E-state index in [-0.39, 0.29) is 21.9 Å². The van der Waals surface area contributed by atoms with Gasteiger partial charge in [-0.05, 0) is 98.7 Å². The Balaban J connectivity index is 1.50. The van der Waals surface area contributed by atoms with Gasteiger partial charge in [0.05, 0.1) is 10.6 Å². The van der Waals surface area contributed by atoms with Crippen LogP contribution in [-0.2, 0) is 10.0 Å². The van der Waals surface area contributed by atoms with Crippen LogP contribution in [0.3, 0.4) is 0 Å². The molecule has 4 nitrogen and oxygen atoms in total. The molecule has 0 spiro atoms. The molecular formula is C23H23ClFNO3S. The maximum atomic E-state index is 14.0. The molecule has 2 aromatic carbocycles. The van der Waals surface area contributed by atoms with Crippen molar-refractivity contribution < 1.29 is 17.6 Å². The lowest BCUT2D eigenvalue weighted by Gasteiger charge is -2.56. The smallest absolute Gasteiger partial charge is 0.261 e. The Morgan fingerprint density at radius 2 is 1.53 bits per heavy atom. The molecule has 4 aliphatic rings. The van der Waals surface area contributed by atoms with E-state index in [2.05, 4.69) is 4.72 Å². The Kier molecular flexibility index (Phi) is 4.71. The van der Waals surface area contributed by atoms with Gasteiger partial charge in [-0.15, -0.1) is 0 Å². The highest BCUT2D eigenvalue weighted by Crippen LogP contribution is 2.61.